The van der Waals surface area contributed by atoms with Crippen LogP contribution in [0.5, 0.6) is 0 Å². The van der Waals surface area contributed by atoms with E-state index >= 15 is 0 Å². The van der Waals surface area contributed by atoms with Gasteiger partial charge < -0.3 is 44.1 Å². The van der Waals surface area contributed by atoms with Crippen molar-refractivity contribution in [2.24, 2.45) is 16.7 Å². The van der Waals surface area contributed by atoms with Crippen LogP contribution in [0.25, 0.3) is 0 Å². The van der Waals surface area contributed by atoms with Gasteiger partial charge in [-0.1, -0.05) is 61.9 Å². The molecule has 0 radical (unpaired) electrons. The third-order valence-electron chi connectivity index (χ3n) is 14.1. The summed E-state index contributed by atoms with van der Waals surface area (Å²) in [5.41, 5.74) is -6.04. The van der Waals surface area contributed by atoms with Crippen molar-refractivity contribution in [3.8, 4) is 0 Å². The molecule has 2 aromatic carbocycles. The van der Waals surface area contributed by atoms with Gasteiger partial charge in [-0.15, -0.1) is 0 Å². The normalized spacial score (nSPS) is 42.7. The van der Waals surface area contributed by atoms with Crippen LogP contribution in [-0.4, -0.2) is 99.2 Å². The zero-order chi connectivity index (χ0) is 38.0. The number of ether oxygens (including phenoxy) is 5. The minimum Gasteiger partial charge on any atom is -0.458 e. The second-order valence-corrected chi connectivity index (χ2v) is 16.5. The lowest BCUT2D eigenvalue weighted by molar-refractivity contribution is -0.325. The summed E-state index contributed by atoms with van der Waals surface area (Å²) in [6, 6.07) is 17.1. The van der Waals surface area contributed by atoms with Gasteiger partial charge in [0, 0.05) is 19.4 Å². The van der Waals surface area contributed by atoms with E-state index in [1.807, 2.05) is 6.08 Å². The van der Waals surface area contributed by atoms with Gasteiger partial charge >= 0.3 is 11.9 Å². The first-order valence-electron chi connectivity index (χ1n) is 19.0. The smallest absolute Gasteiger partial charge is 0.338 e. The Bertz CT molecular complexity index is 1700. The highest BCUT2D eigenvalue weighted by molar-refractivity contribution is 5.90. The van der Waals surface area contributed by atoms with Crippen LogP contribution >= 0.6 is 0 Å². The Morgan fingerprint density at radius 1 is 0.906 bits per heavy atom. The highest BCUT2D eigenvalue weighted by atomic mass is 16.7. The summed E-state index contributed by atoms with van der Waals surface area (Å²) in [6.07, 6.45) is 0.0412. The van der Waals surface area contributed by atoms with Crippen LogP contribution in [0.2, 0.25) is 0 Å². The molecule has 11 heteroatoms. The molecular formula is C42H54O11. The molecule has 1 saturated heterocycles. The lowest BCUT2D eigenvalue weighted by atomic mass is 9.42. The Morgan fingerprint density at radius 2 is 1.55 bits per heavy atom. The van der Waals surface area contributed by atoms with Gasteiger partial charge in [0.1, 0.15) is 35.1 Å². The van der Waals surface area contributed by atoms with E-state index < -0.39 is 82.3 Å². The number of aliphatic hydroxyl groups is 4. The second-order valence-electron chi connectivity index (χ2n) is 16.5. The molecule has 4 N–H and O–H groups in total. The van der Waals surface area contributed by atoms with Crippen molar-refractivity contribution in [2.45, 2.75) is 139 Å². The number of fused-ring (bicyclic) bond motifs is 5. The summed E-state index contributed by atoms with van der Waals surface area (Å²) in [5.74, 6) is -1.79. The molecule has 13 atom stereocenters. The highest BCUT2D eigenvalue weighted by Crippen LogP contribution is 2.71. The van der Waals surface area contributed by atoms with Crippen molar-refractivity contribution in [1.82, 2.24) is 0 Å². The number of benzene rings is 2. The van der Waals surface area contributed by atoms with E-state index in [0.717, 1.165) is 5.57 Å². The molecule has 0 aromatic heterocycles. The van der Waals surface area contributed by atoms with Gasteiger partial charge in [0.05, 0.1) is 34.9 Å². The summed E-state index contributed by atoms with van der Waals surface area (Å²) in [5, 5.41) is 49.4. The fourth-order valence-corrected chi connectivity index (χ4v) is 10.8. The molecule has 7 rings (SSSR count). The predicted octanol–water partition coefficient (Wildman–Crippen LogP) is 4.89. The quantitative estimate of drug-likeness (QED) is 0.216. The van der Waals surface area contributed by atoms with E-state index in [2.05, 4.69) is 6.92 Å². The van der Waals surface area contributed by atoms with Gasteiger partial charge in [0.25, 0.3) is 0 Å². The Kier molecular flexibility index (Phi) is 9.96. The molecule has 0 amide bonds. The molecule has 4 fully saturated rings. The molecule has 2 aromatic rings. The molecule has 5 aliphatic rings. The van der Waals surface area contributed by atoms with E-state index in [9.17, 15) is 30.0 Å². The SMILES string of the molecule is CO[C@H]1C[C@H](O[C@H]2CC[C@@]3(C)C(=CC[C@]4(O)[C@@H]3C[C@@H](OC(=O)c3ccccc3)[C@@]3(C)[C@]4(O)CC[C@@]3(O)[C@@H](C)OC(=O)c3ccccc3)C2)O[C@H](C)[C@H]1O. The zero-order valence-electron chi connectivity index (χ0n) is 31.3. The fraction of sp³-hybridized carbons (Fsp3) is 0.619. The maximum Gasteiger partial charge on any atom is 0.338 e. The molecule has 1 heterocycles. The number of aliphatic hydroxyl groups excluding tert-OH is 1. The molecule has 3 saturated carbocycles. The van der Waals surface area contributed by atoms with Crippen LogP contribution in [0.3, 0.4) is 0 Å². The van der Waals surface area contributed by atoms with Gasteiger partial charge in [-0.25, -0.2) is 9.59 Å². The second kappa shape index (κ2) is 13.8. The van der Waals surface area contributed by atoms with Crippen LogP contribution in [0.1, 0.15) is 99.8 Å². The lowest BCUT2D eigenvalue weighted by Crippen LogP contribution is -2.78. The fourth-order valence-electron chi connectivity index (χ4n) is 10.8. The van der Waals surface area contributed by atoms with E-state index in [1.165, 1.54) is 0 Å². The van der Waals surface area contributed by atoms with Crippen LogP contribution < -0.4 is 0 Å². The summed E-state index contributed by atoms with van der Waals surface area (Å²) in [6.45, 7) is 7.17. The number of rotatable bonds is 8. The third-order valence-corrected chi connectivity index (χ3v) is 14.1. The Labute approximate surface area is 311 Å². The molecular weight excluding hydrogens is 680 g/mol. The van der Waals surface area contributed by atoms with Gasteiger partial charge in [-0.3, -0.25) is 0 Å². The summed E-state index contributed by atoms with van der Waals surface area (Å²) < 4.78 is 30.3. The Morgan fingerprint density at radius 3 is 2.19 bits per heavy atom. The van der Waals surface area contributed by atoms with E-state index in [-0.39, 0.29) is 31.8 Å². The molecule has 4 aliphatic carbocycles. The summed E-state index contributed by atoms with van der Waals surface area (Å²) in [7, 11) is 1.57. The number of esters is 2. The number of hydrogen-bond acceptors (Lipinski definition) is 11. The molecule has 1 aliphatic heterocycles. The third kappa shape index (κ3) is 5.89. The topological polar surface area (TPSA) is 161 Å². The first kappa shape index (κ1) is 38.1. The molecule has 11 nitrogen and oxygen atoms in total. The van der Waals surface area contributed by atoms with Crippen LogP contribution in [0.4, 0.5) is 0 Å². The minimum absolute atomic E-state index is 0.00215. The van der Waals surface area contributed by atoms with Crippen molar-refractivity contribution >= 4 is 11.9 Å². The maximum atomic E-state index is 13.8. The average Bonchev–Trinajstić information content (AvgIpc) is 3.38. The molecule has 53 heavy (non-hydrogen) atoms. The number of carbonyl (C=O) groups is 2. The average molecular weight is 735 g/mol. The van der Waals surface area contributed by atoms with Gasteiger partial charge in [-0.05, 0) is 88.5 Å². The maximum absolute atomic E-state index is 13.8. The molecule has 0 unspecified atom stereocenters. The van der Waals surface area contributed by atoms with Gasteiger partial charge in [0.2, 0.25) is 0 Å². The van der Waals surface area contributed by atoms with Crippen molar-refractivity contribution < 1.29 is 53.7 Å². The minimum atomic E-state index is -1.94. The number of carbonyl (C=O) groups excluding carboxylic acids is 2. The van der Waals surface area contributed by atoms with Crippen molar-refractivity contribution in [1.29, 1.82) is 0 Å². The Balaban J connectivity index is 1.21. The molecule has 288 valence electrons. The standard InChI is InChI=1S/C42H54O11/c1-25-35(43)31(49-5)23-34(50-25)52-30-17-18-38(3)29(22-30)16-19-41(47)32(38)24-33(53-37(45)28-14-10-7-11-15-28)39(4)40(46,20-21-42(39,41)48)26(2)51-36(44)27-12-8-6-9-13-27/h6-16,25-26,30-35,43,46-48H,17-24H2,1-5H3/t25-,26-,30+,31+,32-,33-,34+,35-,38+,39-,40-,41+,42-/m1/s1. The first-order chi connectivity index (χ1) is 25.1. The van der Waals surface area contributed by atoms with Gasteiger partial charge in [-0.2, -0.15) is 0 Å². The number of hydrogen-bond donors (Lipinski definition) is 4. The molecule has 0 bridgehead atoms. The highest BCUT2D eigenvalue weighted by Gasteiger charge is 2.81. The van der Waals surface area contributed by atoms with Crippen molar-refractivity contribution in [3.05, 3.63) is 83.4 Å². The van der Waals surface area contributed by atoms with E-state index in [4.69, 9.17) is 23.7 Å². The van der Waals surface area contributed by atoms with Crippen molar-refractivity contribution in [2.75, 3.05) is 7.11 Å². The molecule has 0 spiro atoms. The largest absolute Gasteiger partial charge is 0.458 e. The predicted molar refractivity (Wildman–Crippen MR) is 193 cm³/mol. The van der Waals surface area contributed by atoms with E-state index in [0.29, 0.717) is 36.8 Å². The summed E-state index contributed by atoms with van der Waals surface area (Å²) >= 11 is 0. The van der Waals surface area contributed by atoms with Crippen LogP contribution in [-0.2, 0) is 23.7 Å². The Hall–Kier alpha value is -3.16. The van der Waals surface area contributed by atoms with Gasteiger partial charge in [0.15, 0.2) is 6.29 Å². The van der Waals surface area contributed by atoms with Crippen molar-refractivity contribution in [3.63, 3.8) is 0 Å². The van der Waals surface area contributed by atoms with Crippen LogP contribution in [0, 0.1) is 16.7 Å². The zero-order valence-corrected chi connectivity index (χ0v) is 31.3. The lowest BCUT2D eigenvalue weighted by Gasteiger charge is -2.67. The number of methoxy groups -OCH3 is 1. The van der Waals surface area contributed by atoms with E-state index in [1.54, 1.807) is 88.5 Å². The van der Waals surface area contributed by atoms with Crippen LogP contribution in [0.15, 0.2) is 72.3 Å². The first-order valence-corrected chi connectivity index (χ1v) is 19.0. The monoisotopic (exact) mass is 734 g/mol. The summed E-state index contributed by atoms with van der Waals surface area (Å²) in [4.78, 5) is 27.1.